The number of fused-ring (bicyclic) bond motifs is 3. The van der Waals surface area contributed by atoms with Crippen molar-refractivity contribution in [3.63, 3.8) is 0 Å². The molecule has 0 bridgehead atoms. The molecule has 148 valence electrons. The van der Waals surface area contributed by atoms with E-state index in [4.69, 9.17) is 21.2 Å². The third kappa shape index (κ3) is 3.81. The summed E-state index contributed by atoms with van der Waals surface area (Å²) in [4.78, 5) is 4.87. The van der Waals surface area contributed by atoms with Gasteiger partial charge in [0.25, 0.3) is 0 Å². The van der Waals surface area contributed by atoms with E-state index in [0.29, 0.717) is 18.1 Å². The molecule has 0 saturated heterocycles. The number of halogens is 1. The molecule has 1 aliphatic heterocycles. The number of hydrogen-bond donors (Lipinski definition) is 1. The fourth-order valence-electron chi connectivity index (χ4n) is 5.26. The van der Waals surface area contributed by atoms with Gasteiger partial charge >= 0.3 is 173 Å². The molecular weight excluding hydrogens is 369 g/mol. The molecule has 0 radical (unpaired) electrons. The molecule has 1 N–H and O–H groups in total. The van der Waals surface area contributed by atoms with E-state index in [9.17, 15) is 0 Å². The SMILES string of the molecule is Clc1ccc2c(c1)CNCc1bnc(C3CCC(OC4CCCCC4)CC3)n1-2. The van der Waals surface area contributed by atoms with Gasteiger partial charge in [-0.05, 0) is 0 Å². The summed E-state index contributed by atoms with van der Waals surface area (Å²) in [5.74, 6) is 1.74. The van der Waals surface area contributed by atoms with E-state index in [-0.39, 0.29) is 0 Å². The molecule has 2 aromatic rings. The maximum absolute atomic E-state index is 6.45. The van der Waals surface area contributed by atoms with Crippen LogP contribution >= 0.6 is 11.6 Å². The van der Waals surface area contributed by atoms with Crippen LogP contribution in [0.3, 0.4) is 0 Å². The molecule has 2 fully saturated rings. The van der Waals surface area contributed by atoms with Crippen LogP contribution in [0.1, 0.15) is 80.7 Å². The summed E-state index contributed by atoms with van der Waals surface area (Å²) in [6.07, 6.45) is 12.2. The van der Waals surface area contributed by atoms with Crippen molar-refractivity contribution < 1.29 is 4.74 Å². The van der Waals surface area contributed by atoms with Crippen LogP contribution in [0.15, 0.2) is 18.2 Å². The molecule has 28 heavy (non-hydrogen) atoms. The van der Waals surface area contributed by atoms with Gasteiger partial charge in [0.1, 0.15) is 0 Å². The molecule has 0 amide bonds. The number of rotatable bonds is 3. The summed E-state index contributed by atoms with van der Waals surface area (Å²) < 4.78 is 8.84. The fourth-order valence-corrected chi connectivity index (χ4v) is 5.46. The van der Waals surface area contributed by atoms with Crippen molar-refractivity contribution in [1.82, 2.24) is 14.8 Å². The topological polar surface area (TPSA) is 39.1 Å². The molecule has 1 aromatic carbocycles. The first-order valence-corrected chi connectivity index (χ1v) is 11.4. The molecule has 1 aromatic heterocycles. The number of benzene rings is 1. The van der Waals surface area contributed by atoms with Crippen LogP contribution < -0.4 is 5.32 Å². The third-order valence-electron chi connectivity index (χ3n) is 6.74. The van der Waals surface area contributed by atoms with Gasteiger partial charge in [-0.1, -0.05) is 0 Å². The van der Waals surface area contributed by atoms with Gasteiger partial charge in [-0.15, -0.1) is 0 Å². The molecule has 6 heteroatoms. The summed E-state index contributed by atoms with van der Waals surface area (Å²) in [6.45, 7) is 1.69. The average molecular weight is 398 g/mol. The van der Waals surface area contributed by atoms with Crippen molar-refractivity contribution in [3.8, 4) is 5.69 Å². The third-order valence-corrected chi connectivity index (χ3v) is 6.98. The Kier molecular flexibility index (Phi) is 5.58. The van der Waals surface area contributed by atoms with Crippen LogP contribution in [-0.4, -0.2) is 28.7 Å². The van der Waals surface area contributed by atoms with Gasteiger partial charge in [-0.2, -0.15) is 0 Å². The summed E-state index contributed by atoms with van der Waals surface area (Å²) >= 11 is 6.25. The van der Waals surface area contributed by atoms with E-state index < -0.39 is 0 Å². The molecule has 2 heterocycles. The minimum atomic E-state index is 0.450. The van der Waals surface area contributed by atoms with Crippen molar-refractivity contribution in [2.24, 2.45) is 0 Å². The second-order valence-corrected chi connectivity index (χ2v) is 9.13. The molecule has 3 aliphatic rings. The van der Waals surface area contributed by atoms with E-state index in [2.05, 4.69) is 29.1 Å². The molecule has 4 nitrogen and oxygen atoms in total. The van der Waals surface area contributed by atoms with Gasteiger partial charge in [0.2, 0.25) is 0 Å². The zero-order valence-electron chi connectivity index (χ0n) is 16.5. The predicted octanol–water partition coefficient (Wildman–Crippen LogP) is 4.84. The van der Waals surface area contributed by atoms with E-state index in [0.717, 1.165) is 31.0 Å². The second kappa shape index (κ2) is 8.29. The molecule has 2 saturated carbocycles. The first-order valence-electron chi connectivity index (χ1n) is 11.0. The van der Waals surface area contributed by atoms with Crippen molar-refractivity contribution in [2.75, 3.05) is 0 Å². The number of nitrogens with one attached hydrogen (secondary N) is 1. The molecule has 0 atom stereocenters. The zero-order valence-corrected chi connectivity index (χ0v) is 17.3. The maximum atomic E-state index is 6.45. The van der Waals surface area contributed by atoms with E-state index >= 15 is 0 Å². The van der Waals surface area contributed by atoms with Crippen LogP contribution in [0.4, 0.5) is 0 Å². The zero-order chi connectivity index (χ0) is 18.9. The summed E-state index contributed by atoms with van der Waals surface area (Å²) in [7, 11) is 2.05. The number of nitrogens with zero attached hydrogens (tertiary/aromatic N) is 2. The van der Waals surface area contributed by atoms with E-state index in [1.165, 1.54) is 67.6 Å². The van der Waals surface area contributed by atoms with Crippen molar-refractivity contribution in [2.45, 2.75) is 89.0 Å². The van der Waals surface area contributed by atoms with Crippen LogP contribution in [0, 0.1) is 0 Å². The quantitative estimate of drug-likeness (QED) is 0.805. The number of hydrogen-bond acceptors (Lipinski definition) is 3. The molecule has 0 spiro atoms. The Bertz CT molecular complexity index is 825. The monoisotopic (exact) mass is 397 g/mol. The number of ether oxygens (including phenoxy) is 1. The molecule has 5 rings (SSSR count). The minimum absolute atomic E-state index is 0.450. The second-order valence-electron chi connectivity index (χ2n) is 8.69. The van der Waals surface area contributed by atoms with Gasteiger partial charge in [-0.25, -0.2) is 0 Å². The van der Waals surface area contributed by atoms with Gasteiger partial charge in [0, 0.05) is 0 Å². The van der Waals surface area contributed by atoms with Gasteiger partial charge in [0.05, 0.1) is 0 Å². The first-order chi connectivity index (χ1) is 13.8. The normalized spacial score (nSPS) is 25.6. The van der Waals surface area contributed by atoms with E-state index in [1.54, 1.807) is 0 Å². The summed E-state index contributed by atoms with van der Waals surface area (Å²) in [6, 6.07) is 6.23. The number of aromatic nitrogens is 2. The van der Waals surface area contributed by atoms with Crippen LogP contribution in [0.5, 0.6) is 0 Å². The van der Waals surface area contributed by atoms with Gasteiger partial charge in [-0.3, -0.25) is 0 Å². The van der Waals surface area contributed by atoms with E-state index in [1.807, 2.05) is 6.07 Å². The molecule has 2 aliphatic carbocycles. The average Bonchev–Trinajstić information content (AvgIpc) is 3.05. The Morgan fingerprint density at radius 2 is 1.79 bits per heavy atom. The Morgan fingerprint density at radius 3 is 2.61 bits per heavy atom. The molecular formula is C22H29BClN3O. The first kappa shape index (κ1) is 18.8. The Labute approximate surface area is 173 Å². The standard InChI is InChI=1S/C22H29BClN3O/c24-17-8-11-20-16(12-17)13-25-14-21-23-26-22(27(20)21)15-6-9-19(10-7-15)28-18-4-2-1-3-5-18/h8,11-12,15,18-19,25H,1-7,9-10,13-14H2. The van der Waals surface area contributed by atoms with Gasteiger partial charge in [0.15, 0.2) is 0 Å². The van der Waals surface area contributed by atoms with Crippen LogP contribution in [-0.2, 0) is 17.8 Å². The van der Waals surface area contributed by atoms with Crippen molar-refractivity contribution in [3.05, 3.63) is 40.2 Å². The Hall–Kier alpha value is -1.17. The van der Waals surface area contributed by atoms with Crippen LogP contribution in [0.25, 0.3) is 5.69 Å². The summed E-state index contributed by atoms with van der Waals surface area (Å²) in [5, 5.41) is 4.31. The fraction of sp³-hybridized carbons (Fsp3) is 0.636. The van der Waals surface area contributed by atoms with Gasteiger partial charge < -0.3 is 0 Å². The van der Waals surface area contributed by atoms with Crippen molar-refractivity contribution in [1.29, 1.82) is 0 Å². The van der Waals surface area contributed by atoms with Crippen molar-refractivity contribution >= 4 is 18.7 Å². The molecule has 0 unspecified atom stereocenters. The Balaban J connectivity index is 1.32. The Morgan fingerprint density at radius 1 is 1.00 bits per heavy atom. The predicted molar refractivity (Wildman–Crippen MR) is 113 cm³/mol. The van der Waals surface area contributed by atoms with Crippen LogP contribution in [0.2, 0.25) is 5.02 Å². The summed E-state index contributed by atoms with van der Waals surface area (Å²) in [5.41, 5.74) is 3.73.